The number of carboxylic acids is 1. The molecule has 0 saturated carbocycles. The van der Waals surface area contributed by atoms with Crippen LogP contribution in [0.1, 0.15) is 43.0 Å². The molecule has 2 aliphatic rings. The number of nitrogens with zero attached hydrogens (tertiary/aromatic N) is 1. The lowest BCUT2D eigenvalue weighted by Crippen LogP contribution is -2.71. The number of carbonyl (C=O) groups is 6. The molecule has 3 aromatic rings. The van der Waals surface area contributed by atoms with Crippen LogP contribution < -0.4 is 16.0 Å². The van der Waals surface area contributed by atoms with Gasteiger partial charge < -0.3 is 35.4 Å². The first kappa shape index (κ1) is 35.0. The summed E-state index contributed by atoms with van der Waals surface area (Å²) in [5, 5.41) is 16.8. The monoisotopic (exact) mass is 688 g/mol. The third-order valence-electron chi connectivity index (χ3n) is 8.09. The van der Waals surface area contributed by atoms with Crippen molar-refractivity contribution in [3.05, 3.63) is 108 Å². The fourth-order valence-corrected chi connectivity index (χ4v) is 7.28. The molecular formula is C35H36N4O9S. The zero-order chi connectivity index (χ0) is 35.1. The SMILES string of the molecule is CC1(C)S[C@@H]2[C@H](NC(=O)C(NC(=O)C(CC(=O)OCc3ccccc3)NC(=O)OCc3ccccc3)c3ccccc3)C(=O)N2[C@H]1C(=O)O. The van der Waals surface area contributed by atoms with E-state index in [0.29, 0.717) is 11.1 Å². The van der Waals surface area contributed by atoms with Gasteiger partial charge in [0.25, 0.3) is 0 Å². The predicted molar refractivity (Wildman–Crippen MR) is 177 cm³/mol. The second-order valence-electron chi connectivity index (χ2n) is 12.0. The van der Waals surface area contributed by atoms with E-state index in [9.17, 15) is 33.9 Å². The van der Waals surface area contributed by atoms with Gasteiger partial charge in [0.1, 0.15) is 42.8 Å². The molecular weight excluding hydrogens is 652 g/mol. The largest absolute Gasteiger partial charge is 0.480 e. The Labute approximate surface area is 286 Å². The van der Waals surface area contributed by atoms with Crippen molar-refractivity contribution in [2.45, 2.75) is 67.8 Å². The fraction of sp³-hybridized carbons (Fsp3) is 0.314. The Morgan fingerprint density at radius 2 is 1.37 bits per heavy atom. The molecule has 2 fully saturated rings. The summed E-state index contributed by atoms with van der Waals surface area (Å²) in [5.74, 6) is -4.12. The molecule has 5 rings (SSSR count). The zero-order valence-electron chi connectivity index (χ0n) is 26.7. The second-order valence-corrected chi connectivity index (χ2v) is 13.8. The zero-order valence-corrected chi connectivity index (χ0v) is 27.6. The Morgan fingerprint density at radius 1 is 0.816 bits per heavy atom. The number of fused-ring (bicyclic) bond motifs is 1. The van der Waals surface area contributed by atoms with Gasteiger partial charge >= 0.3 is 18.0 Å². The van der Waals surface area contributed by atoms with Crippen molar-refractivity contribution in [3.63, 3.8) is 0 Å². The van der Waals surface area contributed by atoms with Gasteiger partial charge in [0.2, 0.25) is 17.7 Å². The Kier molecular flexibility index (Phi) is 10.9. The minimum absolute atomic E-state index is 0.0628. The van der Waals surface area contributed by atoms with Crippen LogP contribution in [0.5, 0.6) is 0 Å². The third kappa shape index (κ3) is 8.38. The Bertz CT molecular complexity index is 1630. The number of amides is 4. The van der Waals surface area contributed by atoms with Crippen LogP contribution in [-0.2, 0) is 46.7 Å². The summed E-state index contributed by atoms with van der Waals surface area (Å²) in [6, 6.07) is 21.0. The van der Waals surface area contributed by atoms with E-state index < -0.39 is 76.5 Å². The average Bonchev–Trinajstić information content (AvgIpc) is 3.36. The van der Waals surface area contributed by atoms with Gasteiger partial charge in [-0.05, 0) is 30.5 Å². The van der Waals surface area contributed by atoms with E-state index in [4.69, 9.17) is 9.47 Å². The van der Waals surface area contributed by atoms with E-state index >= 15 is 0 Å². The molecule has 2 saturated heterocycles. The maximum atomic E-state index is 13.8. The summed E-state index contributed by atoms with van der Waals surface area (Å²) in [6.45, 7) is 3.28. The number of nitrogens with one attached hydrogen (secondary N) is 3. The lowest BCUT2D eigenvalue weighted by Gasteiger charge is -2.44. The van der Waals surface area contributed by atoms with Crippen LogP contribution in [0.25, 0.3) is 0 Å². The van der Waals surface area contributed by atoms with Crippen molar-refractivity contribution in [2.24, 2.45) is 0 Å². The first-order chi connectivity index (χ1) is 23.4. The van der Waals surface area contributed by atoms with Crippen LogP contribution in [0.3, 0.4) is 0 Å². The molecule has 0 bridgehead atoms. The number of carbonyl (C=O) groups excluding carboxylic acids is 5. The lowest BCUT2D eigenvalue weighted by atomic mass is 9.95. The lowest BCUT2D eigenvalue weighted by molar-refractivity contribution is -0.161. The van der Waals surface area contributed by atoms with Gasteiger partial charge in [-0.1, -0.05) is 91.0 Å². The van der Waals surface area contributed by atoms with Gasteiger partial charge in [-0.2, -0.15) is 0 Å². The van der Waals surface area contributed by atoms with E-state index in [1.54, 1.807) is 98.8 Å². The number of ether oxygens (including phenoxy) is 2. The van der Waals surface area contributed by atoms with Gasteiger partial charge in [0, 0.05) is 4.75 Å². The molecule has 49 heavy (non-hydrogen) atoms. The number of carboxylic acid groups (broad SMARTS) is 1. The standard InChI is InChI=1S/C35H36N4O9S/c1-35(2)28(33(44)45)39-31(43)27(32(39)49-35)38-30(42)26(23-16-10-5-11-17-23)37-29(41)24(18-25(40)47-19-21-12-6-3-7-13-21)36-34(46)48-20-22-14-8-4-9-15-22/h3-17,24,26-28,32H,18-20H2,1-2H3,(H,36,46)(H,37,41)(H,38,42)(H,44,45)/t24?,26?,27-,28+,32-/m1/s1. The van der Waals surface area contributed by atoms with Crippen LogP contribution in [0.15, 0.2) is 91.0 Å². The Balaban J connectivity index is 1.30. The first-order valence-electron chi connectivity index (χ1n) is 15.5. The van der Waals surface area contributed by atoms with Crippen molar-refractivity contribution in [1.29, 1.82) is 0 Å². The highest BCUT2D eigenvalue weighted by Gasteiger charge is 2.64. The summed E-state index contributed by atoms with van der Waals surface area (Å²) in [7, 11) is 0. The van der Waals surface area contributed by atoms with Gasteiger partial charge in [-0.25, -0.2) is 9.59 Å². The molecule has 256 valence electrons. The Hall–Kier alpha value is -5.37. The second kappa shape index (κ2) is 15.2. The maximum Gasteiger partial charge on any atom is 0.408 e. The van der Waals surface area contributed by atoms with Crippen molar-refractivity contribution < 1.29 is 43.3 Å². The smallest absolute Gasteiger partial charge is 0.408 e. The number of aliphatic carboxylic acids is 1. The molecule has 2 aliphatic heterocycles. The van der Waals surface area contributed by atoms with E-state index in [1.807, 2.05) is 6.07 Å². The molecule has 5 atom stereocenters. The highest BCUT2D eigenvalue weighted by Crippen LogP contribution is 2.50. The molecule has 13 nitrogen and oxygen atoms in total. The van der Waals surface area contributed by atoms with Crippen LogP contribution in [0.2, 0.25) is 0 Å². The quantitative estimate of drug-likeness (QED) is 0.154. The molecule has 2 unspecified atom stereocenters. The van der Waals surface area contributed by atoms with Crippen molar-refractivity contribution in [2.75, 3.05) is 0 Å². The van der Waals surface area contributed by atoms with Crippen LogP contribution in [0.4, 0.5) is 4.79 Å². The van der Waals surface area contributed by atoms with Crippen molar-refractivity contribution >= 4 is 47.5 Å². The number of esters is 1. The van der Waals surface area contributed by atoms with Crippen molar-refractivity contribution in [1.82, 2.24) is 20.9 Å². The summed E-state index contributed by atoms with van der Waals surface area (Å²) < 4.78 is 9.82. The molecule has 0 aromatic heterocycles. The van der Waals surface area contributed by atoms with E-state index in [2.05, 4.69) is 16.0 Å². The normalized spacial score (nSPS) is 20.1. The summed E-state index contributed by atoms with van der Waals surface area (Å²) in [6.07, 6.45) is -1.56. The third-order valence-corrected chi connectivity index (χ3v) is 9.66. The highest BCUT2D eigenvalue weighted by atomic mass is 32.2. The number of benzene rings is 3. The van der Waals surface area contributed by atoms with E-state index in [0.717, 1.165) is 5.56 Å². The summed E-state index contributed by atoms with van der Waals surface area (Å²) in [5.41, 5.74) is 1.77. The molecule has 3 aromatic carbocycles. The fourth-order valence-electron chi connectivity index (χ4n) is 5.65. The van der Waals surface area contributed by atoms with Gasteiger partial charge in [-0.3, -0.25) is 19.2 Å². The highest BCUT2D eigenvalue weighted by molar-refractivity contribution is 8.01. The van der Waals surface area contributed by atoms with Gasteiger partial charge in [-0.15, -0.1) is 11.8 Å². The summed E-state index contributed by atoms with van der Waals surface area (Å²) in [4.78, 5) is 79.5. The number of thioether (sulfide) groups is 1. The number of β-lactam (4-membered cyclic amide) rings is 1. The van der Waals surface area contributed by atoms with E-state index in [1.165, 1.54) is 16.7 Å². The summed E-state index contributed by atoms with van der Waals surface area (Å²) >= 11 is 1.26. The van der Waals surface area contributed by atoms with Crippen LogP contribution in [0, 0.1) is 0 Å². The van der Waals surface area contributed by atoms with Crippen LogP contribution in [-0.4, -0.2) is 74.0 Å². The molecule has 0 radical (unpaired) electrons. The number of rotatable bonds is 13. The number of alkyl carbamates (subject to hydrolysis) is 1. The number of hydrogen-bond donors (Lipinski definition) is 4. The molecule has 4 amide bonds. The Morgan fingerprint density at radius 3 is 1.94 bits per heavy atom. The topological polar surface area (TPSA) is 180 Å². The average molecular weight is 689 g/mol. The minimum Gasteiger partial charge on any atom is -0.480 e. The number of hydrogen-bond acceptors (Lipinski definition) is 9. The first-order valence-corrected chi connectivity index (χ1v) is 16.4. The minimum atomic E-state index is -1.51. The van der Waals surface area contributed by atoms with Crippen molar-refractivity contribution in [3.8, 4) is 0 Å². The maximum absolute atomic E-state index is 13.8. The van der Waals surface area contributed by atoms with Crippen LogP contribution >= 0.6 is 11.8 Å². The van der Waals surface area contributed by atoms with E-state index in [-0.39, 0.29) is 13.2 Å². The molecule has 14 heteroatoms. The molecule has 0 aliphatic carbocycles. The predicted octanol–water partition coefficient (Wildman–Crippen LogP) is 2.90. The van der Waals surface area contributed by atoms with Gasteiger partial charge in [0.15, 0.2) is 0 Å². The molecule has 2 heterocycles. The molecule has 4 N–H and O–H groups in total. The van der Waals surface area contributed by atoms with Gasteiger partial charge in [0.05, 0.1) is 6.42 Å². The molecule has 0 spiro atoms.